The van der Waals surface area contributed by atoms with Crippen LogP contribution in [0.3, 0.4) is 0 Å². The lowest BCUT2D eigenvalue weighted by molar-refractivity contribution is 0.138. The van der Waals surface area contributed by atoms with Crippen LogP contribution in [0.1, 0.15) is 33.1 Å². The Balaban J connectivity index is 2.33. The molecular formula is C10H18O3S. The minimum atomic E-state index is -2.94. The smallest absolute Gasteiger partial charge is 0.155 e. The van der Waals surface area contributed by atoms with Gasteiger partial charge in [0.05, 0.1) is 10.5 Å². The summed E-state index contributed by atoms with van der Waals surface area (Å²) < 4.78 is 23.0. The summed E-state index contributed by atoms with van der Waals surface area (Å²) >= 11 is 0. The highest BCUT2D eigenvalue weighted by molar-refractivity contribution is 7.93. The maximum absolute atomic E-state index is 11.8. The monoisotopic (exact) mass is 218 g/mol. The van der Waals surface area contributed by atoms with Crippen LogP contribution in [0.4, 0.5) is 0 Å². The Labute approximate surface area is 85.4 Å². The van der Waals surface area contributed by atoms with Gasteiger partial charge in [0, 0.05) is 6.61 Å². The first-order valence-electron chi connectivity index (χ1n) is 5.19. The van der Waals surface area contributed by atoms with E-state index in [0.717, 1.165) is 19.3 Å². The van der Waals surface area contributed by atoms with Gasteiger partial charge >= 0.3 is 0 Å². The molecule has 1 saturated carbocycles. The topological polar surface area (TPSA) is 54.4 Å². The Kier molecular flexibility index (Phi) is 2.03. The molecule has 14 heavy (non-hydrogen) atoms. The van der Waals surface area contributed by atoms with Crippen molar-refractivity contribution in [1.82, 2.24) is 0 Å². The van der Waals surface area contributed by atoms with E-state index < -0.39 is 14.6 Å². The molecule has 0 bridgehead atoms. The Hall–Kier alpha value is -0.0900. The van der Waals surface area contributed by atoms with Crippen LogP contribution in [-0.2, 0) is 9.84 Å². The zero-order valence-electron chi connectivity index (χ0n) is 8.78. The van der Waals surface area contributed by atoms with E-state index in [4.69, 9.17) is 0 Å². The molecule has 1 saturated heterocycles. The lowest BCUT2D eigenvalue weighted by Crippen LogP contribution is -2.39. The highest BCUT2D eigenvalue weighted by Crippen LogP contribution is 2.60. The summed E-state index contributed by atoms with van der Waals surface area (Å²) in [6.07, 6.45) is 2.72. The molecule has 1 aliphatic heterocycles. The number of aliphatic hydroxyl groups excluding tert-OH is 1. The van der Waals surface area contributed by atoms with Crippen LogP contribution >= 0.6 is 0 Å². The van der Waals surface area contributed by atoms with E-state index >= 15 is 0 Å². The Morgan fingerprint density at radius 2 is 1.93 bits per heavy atom. The summed E-state index contributed by atoms with van der Waals surface area (Å²) in [6.45, 7) is 3.78. The van der Waals surface area contributed by atoms with Gasteiger partial charge in [0.2, 0.25) is 0 Å². The average molecular weight is 218 g/mol. The van der Waals surface area contributed by atoms with Crippen molar-refractivity contribution >= 4 is 9.84 Å². The lowest BCUT2D eigenvalue weighted by atomic mass is 9.79. The molecule has 0 radical (unpaired) electrons. The predicted octanol–water partition coefficient (Wildman–Crippen LogP) is 0.972. The van der Waals surface area contributed by atoms with Crippen LogP contribution in [0.15, 0.2) is 0 Å². The van der Waals surface area contributed by atoms with Crippen LogP contribution in [0.2, 0.25) is 0 Å². The second kappa shape index (κ2) is 2.73. The van der Waals surface area contributed by atoms with Crippen LogP contribution < -0.4 is 0 Å². The third kappa shape index (κ3) is 1.16. The molecule has 0 aromatic rings. The van der Waals surface area contributed by atoms with Crippen molar-refractivity contribution in [3.05, 3.63) is 0 Å². The second-order valence-corrected chi connectivity index (χ2v) is 7.97. The summed E-state index contributed by atoms with van der Waals surface area (Å²) in [7, 11) is -2.94. The van der Waals surface area contributed by atoms with E-state index in [-0.39, 0.29) is 17.9 Å². The summed E-state index contributed by atoms with van der Waals surface area (Å²) in [5.41, 5.74) is -0.0624. The van der Waals surface area contributed by atoms with Crippen molar-refractivity contribution in [3.8, 4) is 0 Å². The Morgan fingerprint density at radius 1 is 1.36 bits per heavy atom. The minimum absolute atomic E-state index is 0.0624. The highest BCUT2D eigenvalue weighted by Gasteiger charge is 2.60. The first kappa shape index (κ1) is 10.4. The third-order valence-electron chi connectivity index (χ3n) is 4.26. The van der Waals surface area contributed by atoms with E-state index in [9.17, 15) is 13.5 Å². The Morgan fingerprint density at radius 3 is 2.21 bits per heavy atom. The average Bonchev–Trinajstić information content (AvgIpc) is 2.80. The predicted molar refractivity (Wildman–Crippen MR) is 54.7 cm³/mol. The van der Waals surface area contributed by atoms with Crippen molar-refractivity contribution in [2.24, 2.45) is 11.3 Å². The molecule has 3 nitrogen and oxygen atoms in total. The van der Waals surface area contributed by atoms with Crippen molar-refractivity contribution in [3.63, 3.8) is 0 Å². The lowest BCUT2D eigenvalue weighted by Gasteiger charge is -2.31. The van der Waals surface area contributed by atoms with E-state index in [1.165, 1.54) is 0 Å². The van der Waals surface area contributed by atoms with E-state index in [2.05, 4.69) is 0 Å². The van der Waals surface area contributed by atoms with Crippen LogP contribution in [-0.4, -0.2) is 30.6 Å². The van der Waals surface area contributed by atoms with Gasteiger partial charge in [-0.05, 0) is 44.4 Å². The van der Waals surface area contributed by atoms with Crippen molar-refractivity contribution in [2.45, 2.75) is 37.9 Å². The fourth-order valence-corrected chi connectivity index (χ4v) is 4.79. The van der Waals surface area contributed by atoms with Gasteiger partial charge in [0.1, 0.15) is 0 Å². The maximum atomic E-state index is 11.8. The molecule has 2 aliphatic rings. The molecule has 1 heterocycles. The van der Waals surface area contributed by atoms with Crippen molar-refractivity contribution in [2.75, 3.05) is 12.4 Å². The van der Waals surface area contributed by atoms with Gasteiger partial charge in [-0.3, -0.25) is 0 Å². The molecule has 1 N–H and O–H groups in total. The molecule has 2 rings (SSSR count). The zero-order valence-corrected chi connectivity index (χ0v) is 9.60. The molecule has 2 fully saturated rings. The Bertz CT molecular complexity index is 338. The highest BCUT2D eigenvalue weighted by atomic mass is 32.2. The van der Waals surface area contributed by atoms with Gasteiger partial charge in [0.25, 0.3) is 0 Å². The van der Waals surface area contributed by atoms with E-state index in [0.29, 0.717) is 5.75 Å². The molecule has 1 aliphatic carbocycles. The molecule has 4 heteroatoms. The molecular weight excluding hydrogens is 200 g/mol. The van der Waals surface area contributed by atoms with Gasteiger partial charge in [-0.25, -0.2) is 8.42 Å². The van der Waals surface area contributed by atoms with E-state index in [1.807, 2.05) is 13.8 Å². The number of hydrogen-bond donors (Lipinski definition) is 1. The van der Waals surface area contributed by atoms with Crippen molar-refractivity contribution in [1.29, 1.82) is 0 Å². The fourth-order valence-electron chi connectivity index (χ4n) is 2.92. The fraction of sp³-hybridized carbons (Fsp3) is 1.00. The van der Waals surface area contributed by atoms with Gasteiger partial charge in [0.15, 0.2) is 9.84 Å². The summed E-state index contributed by atoms with van der Waals surface area (Å²) in [5, 5.41) is 9.32. The van der Waals surface area contributed by atoms with Crippen molar-refractivity contribution < 1.29 is 13.5 Å². The van der Waals surface area contributed by atoms with E-state index in [1.54, 1.807) is 0 Å². The maximum Gasteiger partial charge on any atom is 0.155 e. The quantitative estimate of drug-likeness (QED) is 0.751. The number of sulfone groups is 1. The summed E-state index contributed by atoms with van der Waals surface area (Å²) in [5.74, 6) is 0.455. The molecule has 0 spiro atoms. The van der Waals surface area contributed by atoms with Gasteiger partial charge in [-0.1, -0.05) is 0 Å². The van der Waals surface area contributed by atoms with Gasteiger partial charge in [-0.15, -0.1) is 0 Å². The molecule has 1 unspecified atom stereocenters. The zero-order chi connectivity index (χ0) is 10.6. The number of rotatable bonds is 2. The normalized spacial score (nSPS) is 36.9. The standard InChI is InChI=1S/C10H18O3S/c1-9(2)8(3-6-14(9,12)13)10(7-11)4-5-10/h8,11H,3-7H2,1-2H3. The van der Waals surface area contributed by atoms with Gasteiger partial charge < -0.3 is 5.11 Å². The molecule has 1 atom stereocenters. The molecule has 0 amide bonds. The molecule has 82 valence electrons. The second-order valence-electron chi connectivity index (χ2n) is 5.28. The summed E-state index contributed by atoms with van der Waals surface area (Å²) in [4.78, 5) is 0. The molecule has 0 aromatic heterocycles. The number of aliphatic hydroxyl groups is 1. The number of hydrogen-bond acceptors (Lipinski definition) is 3. The molecule has 0 aromatic carbocycles. The van der Waals surface area contributed by atoms with Crippen LogP contribution in [0.5, 0.6) is 0 Å². The summed E-state index contributed by atoms with van der Waals surface area (Å²) in [6, 6.07) is 0. The first-order chi connectivity index (χ1) is 6.36. The first-order valence-corrected chi connectivity index (χ1v) is 6.84. The SMILES string of the molecule is CC1(C)C(C2(CO)CC2)CCS1(=O)=O. The minimum Gasteiger partial charge on any atom is -0.396 e. The largest absolute Gasteiger partial charge is 0.396 e. The third-order valence-corrected chi connectivity index (χ3v) is 6.92. The van der Waals surface area contributed by atoms with Crippen LogP contribution in [0, 0.1) is 11.3 Å². The van der Waals surface area contributed by atoms with Gasteiger partial charge in [-0.2, -0.15) is 0 Å². The van der Waals surface area contributed by atoms with Crippen LogP contribution in [0.25, 0.3) is 0 Å².